The van der Waals surface area contributed by atoms with E-state index in [4.69, 9.17) is 0 Å². The second-order valence-electron chi connectivity index (χ2n) is 6.11. The van der Waals surface area contributed by atoms with Gasteiger partial charge in [-0.05, 0) is 36.2 Å². The van der Waals surface area contributed by atoms with E-state index in [1.807, 2.05) is 6.92 Å². The average molecular weight is 379 g/mol. The third-order valence-electron chi connectivity index (χ3n) is 4.09. The molecule has 0 aliphatic heterocycles. The lowest BCUT2D eigenvalue weighted by molar-refractivity contribution is -0.137. The van der Waals surface area contributed by atoms with Gasteiger partial charge in [-0.1, -0.05) is 25.5 Å². The number of benzene rings is 1. The number of alkyl halides is 3. The lowest BCUT2D eigenvalue weighted by Crippen LogP contribution is -2.25. The number of rotatable bonds is 5. The summed E-state index contributed by atoms with van der Waals surface area (Å²) in [7, 11) is 0. The lowest BCUT2D eigenvalue weighted by Gasteiger charge is -2.10. The Morgan fingerprint density at radius 3 is 2.48 bits per heavy atom. The normalized spacial score (nSPS) is 11.7. The van der Waals surface area contributed by atoms with Crippen LogP contribution in [0.2, 0.25) is 0 Å². The van der Waals surface area contributed by atoms with Crippen molar-refractivity contribution in [1.82, 2.24) is 14.7 Å². The van der Waals surface area contributed by atoms with Crippen LogP contribution in [0, 0.1) is 5.82 Å². The number of fused-ring (bicyclic) bond motifs is 1. The fourth-order valence-corrected chi connectivity index (χ4v) is 2.78. The van der Waals surface area contributed by atoms with Gasteiger partial charge in [-0.2, -0.15) is 13.2 Å². The summed E-state index contributed by atoms with van der Waals surface area (Å²) >= 11 is 0. The van der Waals surface area contributed by atoms with Crippen LogP contribution in [0.15, 0.2) is 42.6 Å². The molecule has 0 atom stereocenters. The molecule has 0 saturated carbocycles. The van der Waals surface area contributed by atoms with E-state index in [-0.39, 0.29) is 17.9 Å². The maximum atomic E-state index is 13.0. The van der Waals surface area contributed by atoms with Gasteiger partial charge in [0.1, 0.15) is 17.2 Å². The van der Waals surface area contributed by atoms with Crippen molar-refractivity contribution in [2.45, 2.75) is 32.5 Å². The van der Waals surface area contributed by atoms with Crippen LogP contribution < -0.4 is 5.32 Å². The Hall–Kier alpha value is -2.90. The van der Waals surface area contributed by atoms with Crippen molar-refractivity contribution < 1.29 is 22.4 Å². The molecule has 1 amide bonds. The van der Waals surface area contributed by atoms with Crippen molar-refractivity contribution in [3.8, 4) is 0 Å². The van der Waals surface area contributed by atoms with Crippen LogP contribution in [0.25, 0.3) is 5.65 Å². The first-order valence-corrected chi connectivity index (χ1v) is 8.40. The Bertz CT molecular complexity index is 961. The molecule has 1 N–H and O–H groups in total. The summed E-state index contributed by atoms with van der Waals surface area (Å²) < 4.78 is 53.3. The number of nitrogens with one attached hydrogen (secondary N) is 1. The number of pyridine rings is 1. The number of aryl methyl sites for hydroxylation is 1. The fourth-order valence-electron chi connectivity index (χ4n) is 2.78. The molecule has 3 aromatic rings. The monoisotopic (exact) mass is 379 g/mol. The predicted octanol–water partition coefficient (Wildman–Crippen LogP) is 4.37. The Kier molecular flexibility index (Phi) is 5.16. The molecule has 0 aliphatic rings. The van der Waals surface area contributed by atoms with Crippen LogP contribution in [0.5, 0.6) is 0 Å². The van der Waals surface area contributed by atoms with E-state index < -0.39 is 23.5 Å². The minimum Gasteiger partial charge on any atom is -0.347 e. The highest BCUT2D eigenvalue weighted by Gasteiger charge is 2.31. The summed E-state index contributed by atoms with van der Waals surface area (Å²) in [5.74, 6) is -0.925. The van der Waals surface area contributed by atoms with Crippen molar-refractivity contribution >= 4 is 11.6 Å². The SMILES string of the molecule is CCCc1nc2ccc(C(F)(F)F)cn2c1C(=O)NCc1ccc(F)cc1. The molecule has 8 heteroatoms. The summed E-state index contributed by atoms with van der Waals surface area (Å²) in [4.78, 5) is 17.0. The minimum absolute atomic E-state index is 0.0834. The van der Waals surface area contributed by atoms with Gasteiger partial charge in [0.15, 0.2) is 0 Å². The molecule has 0 radical (unpaired) electrons. The van der Waals surface area contributed by atoms with Gasteiger partial charge in [0, 0.05) is 12.7 Å². The lowest BCUT2D eigenvalue weighted by atomic mass is 10.2. The fraction of sp³-hybridized carbons (Fsp3) is 0.263. The second kappa shape index (κ2) is 7.38. The maximum absolute atomic E-state index is 13.0. The first-order chi connectivity index (χ1) is 12.8. The summed E-state index contributed by atoms with van der Waals surface area (Å²) in [5, 5.41) is 2.67. The zero-order valence-electron chi connectivity index (χ0n) is 14.5. The molecule has 142 valence electrons. The van der Waals surface area contributed by atoms with Crippen LogP contribution in [0.4, 0.5) is 17.6 Å². The molecule has 2 aromatic heterocycles. The van der Waals surface area contributed by atoms with E-state index in [2.05, 4.69) is 10.3 Å². The number of aromatic nitrogens is 2. The molecule has 4 nitrogen and oxygen atoms in total. The van der Waals surface area contributed by atoms with Crippen molar-refractivity contribution in [3.05, 3.63) is 70.9 Å². The highest BCUT2D eigenvalue weighted by atomic mass is 19.4. The van der Waals surface area contributed by atoms with Crippen molar-refractivity contribution in [3.63, 3.8) is 0 Å². The van der Waals surface area contributed by atoms with Crippen LogP contribution in [0.3, 0.4) is 0 Å². The highest BCUT2D eigenvalue weighted by molar-refractivity contribution is 5.94. The number of amides is 1. The number of imidazole rings is 1. The summed E-state index contributed by atoms with van der Waals surface area (Å²) in [6, 6.07) is 7.79. The van der Waals surface area contributed by atoms with Crippen molar-refractivity contribution in [2.75, 3.05) is 0 Å². The maximum Gasteiger partial charge on any atom is 0.417 e. The van der Waals surface area contributed by atoms with Gasteiger partial charge < -0.3 is 5.32 Å². The van der Waals surface area contributed by atoms with Crippen molar-refractivity contribution in [2.24, 2.45) is 0 Å². The Morgan fingerprint density at radius 2 is 1.85 bits per heavy atom. The van der Waals surface area contributed by atoms with Crippen molar-refractivity contribution in [1.29, 1.82) is 0 Å². The van der Waals surface area contributed by atoms with E-state index >= 15 is 0 Å². The van der Waals surface area contributed by atoms with E-state index in [1.165, 1.54) is 34.7 Å². The summed E-state index contributed by atoms with van der Waals surface area (Å²) in [6.07, 6.45) is -2.49. The molecule has 3 rings (SSSR count). The Labute approximate surface area is 152 Å². The number of halogens is 4. The second-order valence-corrected chi connectivity index (χ2v) is 6.11. The average Bonchev–Trinajstić information content (AvgIpc) is 2.98. The number of nitrogens with zero attached hydrogens (tertiary/aromatic N) is 2. The molecule has 2 heterocycles. The van der Waals surface area contributed by atoms with Gasteiger partial charge in [0.05, 0.1) is 11.3 Å². The summed E-state index contributed by atoms with van der Waals surface area (Å²) in [5.41, 5.74) is 0.613. The number of carbonyl (C=O) groups is 1. The first-order valence-electron chi connectivity index (χ1n) is 8.40. The molecular formula is C19H17F4N3O. The Morgan fingerprint density at radius 1 is 1.15 bits per heavy atom. The predicted molar refractivity (Wildman–Crippen MR) is 91.8 cm³/mol. The van der Waals surface area contributed by atoms with Crippen LogP contribution in [-0.2, 0) is 19.1 Å². The van der Waals surface area contributed by atoms with Crippen LogP contribution >= 0.6 is 0 Å². The zero-order chi connectivity index (χ0) is 19.6. The van der Waals surface area contributed by atoms with Crippen LogP contribution in [0.1, 0.15) is 40.7 Å². The molecular weight excluding hydrogens is 362 g/mol. The number of hydrogen-bond acceptors (Lipinski definition) is 2. The van der Waals surface area contributed by atoms with Gasteiger partial charge in [0.2, 0.25) is 0 Å². The molecule has 0 unspecified atom stereocenters. The van der Waals surface area contributed by atoms with Gasteiger partial charge in [0.25, 0.3) is 5.91 Å². The van der Waals surface area contributed by atoms with Gasteiger partial charge in [-0.15, -0.1) is 0 Å². The number of hydrogen-bond donors (Lipinski definition) is 1. The van der Waals surface area contributed by atoms with E-state index in [0.717, 1.165) is 12.3 Å². The quantitative estimate of drug-likeness (QED) is 0.669. The standard InChI is InChI=1S/C19H17F4N3O/c1-2-3-15-17(18(27)24-10-12-4-7-14(20)8-5-12)26-11-13(19(21,22)23)6-9-16(26)25-15/h4-9,11H,2-3,10H2,1H3,(H,24,27). The third kappa shape index (κ3) is 4.10. The molecule has 1 aromatic carbocycles. The topological polar surface area (TPSA) is 46.4 Å². The largest absolute Gasteiger partial charge is 0.417 e. The molecule has 0 fully saturated rings. The smallest absolute Gasteiger partial charge is 0.347 e. The third-order valence-corrected chi connectivity index (χ3v) is 4.09. The highest BCUT2D eigenvalue weighted by Crippen LogP contribution is 2.30. The summed E-state index contributed by atoms with van der Waals surface area (Å²) in [6.45, 7) is 2.02. The van der Waals surface area contributed by atoms with Gasteiger partial charge >= 0.3 is 6.18 Å². The molecule has 27 heavy (non-hydrogen) atoms. The number of carbonyl (C=O) groups excluding carboxylic acids is 1. The van der Waals surface area contributed by atoms with E-state index in [1.54, 1.807) is 0 Å². The Balaban J connectivity index is 1.95. The molecule has 0 spiro atoms. The first kappa shape index (κ1) is 18.9. The van der Waals surface area contributed by atoms with E-state index in [0.29, 0.717) is 24.1 Å². The molecule has 0 aliphatic carbocycles. The minimum atomic E-state index is -4.52. The van der Waals surface area contributed by atoms with Crippen LogP contribution in [-0.4, -0.2) is 15.3 Å². The zero-order valence-corrected chi connectivity index (χ0v) is 14.5. The van der Waals surface area contributed by atoms with E-state index in [9.17, 15) is 22.4 Å². The van der Waals surface area contributed by atoms with Gasteiger partial charge in [-0.3, -0.25) is 9.20 Å². The molecule has 0 saturated heterocycles. The van der Waals surface area contributed by atoms with Gasteiger partial charge in [-0.25, -0.2) is 9.37 Å². The molecule has 0 bridgehead atoms.